The molecule has 0 bridgehead atoms. The Kier molecular flexibility index (Phi) is 3.51. The smallest absolute Gasteiger partial charge is 0.337 e. The van der Waals surface area contributed by atoms with Gasteiger partial charge in [0.1, 0.15) is 0 Å². The van der Waals surface area contributed by atoms with E-state index in [-0.39, 0.29) is 22.3 Å². The molecule has 1 heterocycles. The van der Waals surface area contributed by atoms with Crippen LogP contribution in [0.25, 0.3) is 11.4 Å². The highest BCUT2D eigenvalue weighted by Crippen LogP contribution is 2.36. The highest BCUT2D eigenvalue weighted by Gasteiger charge is 2.33. The summed E-state index contributed by atoms with van der Waals surface area (Å²) in [5.41, 5.74) is 4.75. The van der Waals surface area contributed by atoms with Gasteiger partial charge < -0.3 is 10.3 Å². The predicted molar refractivity (Wildman–Crippen MR) is 62.3 cm³/mol. The van der Waals surface area contributed by atoms with E-state index in [1.165, 1.54) is 6.07 Å². The molecule has 1 aromatic carbocycles. The van der Waals surface area contributed by atoms with Gasteiger partial charge in [-0.1, -0.05) is 16.8 Å². The number of nitrogens with two attached hydrogens (primary N) is 1. The summed E-state index contributed by atoms with van der Waals surface area (Å²) in [5.74, 6) is 0.188. The Bertz CT molecular complexity index is 595. The molecule has 0 spiro atoms. The fraction of sp³-hybridized carbons (Fsp3) is 0.273. The van der Waals surface area contributed by atoms with Gasteiger partial charge in [-0.25, -0.2) is 0 Å². The Morgan fingerprint density at radius 2 is 2.05 bits per heavy atom. The molecule has 0 radical (unpaired) electrons. The van der Waals surface area contributed by atoms with Crippen molar-refractivity contribution in [3.05, 3.63) is 34.7 Å². The summed E-state index contributed by atoms with van der Waals surface area (Å²) in [5, 5.41) is 3.20. The average Bonchev–Trinajstić information content (AvgIpc) is 2.77. The summed E-state index contributed by atoms with van der Waals surface area (Å²) in [7, 11) is 0. The number of alkyl halides is 3. The minimum atomic E-state index is -4.54. The van der Waals surface area contributed by atoms with Gasteiger partial charge in [0, 0.05) is 5.56 Å². The first kappa shape index (κ1) is 13.8. The predicted octanol–water partition coefficient (Wildman–Crippen LogP) is 3.43. The van der Waals surface area contributed by atoms with E-state index in [9.17, 15) is 13.2 Å². The molecule has 0 saturated carbocycles. The lowest BCUT2D eigenvalue weighted by Gasteiger charge is -2.09. The molecule has 0 aliphatic rings. The third kappa shape index (κ3) is 2.87. The molecule has 8 heteroatoms. The number of benzene rings is 1. The topological polar surface area (TPSA) is 64.9 Å². The first-order valence-electron chi connectivity index (χ1n) is 5.25. The molecule has 0 amide bonds. The van der Waals surface area contributed by atoms with Gasteiger partial charge in [-0.15, -0.1) is 0 Å². The molecule has 0 aliphatic heterocycles. The summed E-state index contributed by atoms with van der Waals surface area (Å²) >= 11 is 5.52. The Morgan fingerprint density at radius 3 is 2.58 bits per heavy atom. The van der Waals surface area contributed by atoms with Gasteiger partial charge in [0.2, 0.25) is 11.7 Å². The largest absolute Gasteiger partial charge is 0.417 e. The average molecular weight is 292 g/mol. The highest BCUT2D eigenvalue weighted by atomic mass is 35.5. The zero-order chi connectivity index (χ0) is 14.2. The lowest BCUT2D eigenvalue weighted by atomic mass is 10.1. The van der Waals surface area contributed by atoms with Crippen molar-refractivity contribution in [3.8, 4) is 11.4 Å². The van der Waals surface area contributed by atoms with E-state index in [1.807, 2.05) is 0 Å². The minimum Gasteiger partial charge on any atom is -0.337 e. The van der Waals surface area contributed by atoms with E-state index in [4.69, 9.17) is 21.9 Å². The molecular formula is C11H9ClF3N3O. The maximum absolute atomic E-state index is 12.7. The second-order valence-electron chi connectivity index (χ2n) is 3.94. The first-order valence-corrected chi connectivity index (χ1v) is 5.63. The second kappa shape index (κ2) is 4.82. The Morgan fingerprint density at radius 1 is 1.37 bits per heavy atom. The first-order chi connectivity index (χ1) is 8.79. The van der Waals surface area contributed by atoms with Crippen LogP contribution in [0.15, 0.2) is 22.7 Å². The van der Waals surface area contributed by atoms with Crippen molar-refractivity contribution in [2.75, 3.05) is 0 Å². The van der Waals surface area contributed by atoms with Crippen LogP contribution in [-0.4, -0.2) is 10.1 Å². The van der Waals surface area contributed by atoms with Crippen LogP contribution in [0.2, 0.25) is 5.02 Å². The molecule has 0 fully saturated rings. The molecule has 0 saturated heterocycles. The zero-order valence-corrected chi connectivity index (χ0v) is 10.5. The summed E-state index contributed by atoms with van der Waals surface area (Å²) < 4.78 is 43.0. The molecule has 2 rings (SSSR count). The van der Waals surface area contributed by atoms with E-state index in [0.717, 1.165) is 12.1 Å². The van der Waals surface area contributed by atoms with Crippen LogP contribution in [0.1, 0.15) is 24.4 Å². The summed E-state index contributed by atoms with van der Waals surface area (Å²) in [6.45, 7) is 1.63. The molecular weight excluding hydrogens is 283 g/mol. The molecule has 2 aromatic rings. The van der Waals surface area contributed by atoms with Crippen LogP contribution in [0.5, 0.6) is 0 Å². The van der Waals surface area contributed by atoms with E-state index in [1.54, 1.807) is 6.92 Å². The van der Waals surface area contributed by atoms with E-state index in [0.29, 0.717) is 0 Å². The quantitative estimate of drug-likeness (QED) is 0.920. The Labute approximate surface area is 111 Å². The number of halogens is 4. The zero-order valence-electron chi connectivity index (χ0n) is 9.70. The summed E-state index contributed by atoms with van der Waals surface area (Å²) in [4.78, 5) is 3.92. The van der Waals surface area contributed by atoms with Crippen molar-refractivity contribution >= 4 is 11.6 Å². The van der Waals surface area contributed by atoms with Crippen molar-refractivity contribution in [2.24, 2.45) is 5.73 Å². The third-order valence-corrected chi connectivity index (χ3v) is 2.69. The van der Waals surface area contributed by atoms with Gasteiger partial charge in [0.15, 0.2) is 0 Å². The van der Waals surface area contributed by atoms with Gasteiger partial charge in [-0.2, -0.15) is 18.2 Å². The van der Waals surface area contributed by atoms with Crippen LogP contribution in [0.3, 0.4) is 0 Å². The van der Waals surface area contributed by atoms with Gasteiger partial charge in [-0.05, 0) is 25.1 Å². The number of nitrogens with zero attached hydrogens (tertiary/aromatic N) is 2. The standard InChI is InChI=1S/C11H9ClF3N3O/c1-5(16)10-17-9(18-19-10)6-2-3-8(12)7(4-6)11(13,14)15/h2-5H,16H2,1H3/t5-/m0/s1. The highest BCUT2D eigenvalue weighted by molar-refractivity contribution is 6.31. The van der Waals surface area contributed by atoms with Crippen LogP contribution < -0.4 is 5.73 Å². The number of rotatable bonds is 2. The van der Waals surface area contributed by atoms with Crippen LogP contribution in [0.4, 0.5) is 13.2 Å². The van der Waals surface area contributed by atoms with Crippen molar-refractivity contribution in [2.45, 2.75) is 19.1 Å². The molecule has 0 unspecified atom stereocenters. The van der Waals surface area contributed by atoms with E-state index < -0.39 is 17.8 Å². The van der Waals surface area contributed by atoms with Gasteiger partial charge in [-0.3, -0.25) is 0 Å². The van der Waals surface area contributed by atoms with Gasteiger partial charge >= 0.3 is 6.18 Å². The van der Waals surface area contributed by atoms with Gasteiger partial charge in [0.05, 0.1) is 16.6 Å². The van der Waals surface area contributed by atoms with Crippen molar-refractivity contribution in [1.82, 2.24) is 10.1 Å². The molecule has 1 atom stereocenters. The fourth-order valence-electron chi connectivity index (χ4n) is 1.42. The Hall–Kier alpha value is -1.60. The molecule has 2 N–H and O–H groups in total. The summed E-state index contributed by atoms with van der Waals surface area (Å²) in [6, 6.07) is 2.91. The van der Waals surface area contributed by atoms with Gasteiger partial charge in [0.25, 0.3) is 0 Å². The maximum atomic E-state index is 12.7. The van der Waals surface area contributed by atoms with Crippen LogP contribution >= 0.6 is 11.6 Å². The Balaban J connectivity index is 2.45. The summed E-state index contributed by atoms with van der Waals surface area (Å²) in [6.07, 6.45) is -4.54. The maximum Gasteiger partial charge on any atom is 0.417 e. The normalized spacial score (nSPS) is 13.6. The molecule has 0 aliphatic carbocycles. The van der Waals surface area contributed by atoms with Crippen molar-refractivity contribution < 1.29 is 17.7 Å². The number of hydrogen-bond donors (Lipinski definition) is 1. The number of hydrogen-bond acceptors (Lipinski definition) is 4. The SMILES string of the molecule is C[C@H](N)c1nc(-c2ccc(Cl)c(C(F)(F)F)c2)no1. The van der Waals surface area contributed by atoms with Crippen LogP contribution in [-0.2, 0) is 6.18 Å². The van der Waals surface area contributed by atoms with Crippen molar-refractivity contribution in [3.63, 3.8) is 0 Å². The second-order valence-corrected chi connectivity index (χ2v) is 4.34. The monoisotopic (exact) mass is 291 g/mol. The third-order valence-electron chi connectivity index (χ3n) is 2.36. The fourth-order valence-corrected chi connectivity index (χ4v) is 1.64. The van der Waals surface area contributed by atoms with Crippen LogP contribution in [0, 0.1) is 0 Å². The lowest BCUT2D eigenvalue weighted by molar-refractivity contribution is -0.137. The van der Waals surface area contributed by atoms with E-state index in [2.05, 4.69) is 10.1 Å². The minimum absolute atomic E-state index is 0.0365. The van der Waals surface area contributed by atoms with E-state index >= 15 is 0 Å². The lowest BCUT2D eigenvalue weighted by Crippen LogP contribution is -2.06. The number of aromatic nitrogens is 2. The molecule has 102 valence electrons. The molecule has 19 heavy (non-hydrogen) atoms. The molecule has 1 aromatic heterocycles. The molecule has 4 nitrogen and oxygen atoms in total. The van der Waals surface area contributed by atoms with Crippen molar-refractivity contribution in [1.29, 1.82) is 0 Å².